The summed E-state index contributed by atoms with van der Waals surface area (Å²) in [4.78, 5) is 9.45. The molecule has 1 radical (unpaired) electrons. The van der Waals surface area contributed by atoms with Crippen LogP contribution in [0.15, 0.2) is 0 Å². The molecule has 0 aliphatic heterocycles. The summed E-state index contributed by atoms with van der Waals surface area (Å²) in [6.07, 6.45) is -4.89. The summed E-state index contributed by atoms with van der Waals surface area (Å²) in [5.41, 5.74) is 0. The van der Waals surface area contributed by atoms with Crippen molar-refractivity contribution in [2.45, 2.75) is 25.1 Å². The Morgan fingerprint density at radius 2 is 1.67 bits per heavy atom. The van der Waals surface area contributed by atoms with Crippen molar-refractivity contribution in [1.82, 2.24) is 5.32 Å². The molecular formula is C5H5F5NO. The Labute approximate surface area is 64.7 Å². The number of amides is 1. The second-order valence-corrected chi connectivity index (χ2v) is 2.09. The molecule has 71 valence electrons. The van der Waals surface area contributed by atoms with Crippen molar-refractivity contribution >= 4 is 6.41 Å². The third-order valence-electron chi connectivity index (χ3n) is 1.20. The summed E-state index contributed by atoms with van der Waals surface area (Å²) in [6.45, 7) is 0.540. The average Bonchev–Trinajstić information content (AvgIpc) is 1.85. The predicted molar refractivity (Wildman–Crippen MR) is 29.3 cm³/mol. The van der Waals surface area contributed by atoms with Crippen LogP contribution in [-0.2, 0) is 4.79 Å². The summed E-state index contributed by atoms with van der Waals surface area (Å²) in [5.74, 6) is -4.93. The van der Waals surface area contributed by atoms with E-state index in [1.54, 1.807) is 0 Å². The van der Waals surface area contributed by atoms with Gasteiger partial charge in [-0.2, -0.15) is 22.0 Å². The van der Waals surface area contributed by atoms with Crippen LogP contribution in [0.2, 0.25) is 0 Å². The van der Waals surface area contributed by atoms with Crippen molar-refractivity contribution in [2.24, 2.45) is 0 Å². The normalized spacial score (nSPS) is 15.5. The minimum Gasteiger partial charge on any atom is -0.339 e. The van der Waals surface area contributed by atoms with Crippen LogP contribution in [0.5, 0.6) is 0 Å². The van der Waals surface area contributed by atoms with Crippen LogP contribution in [-0.4, -0.2) is 24.6 Å². The lowest BCUT2D eigenvalue weighted by Crippen LogP contribution is -2.51. The molecule has 0 aromatic heterocycles. The smallest absolute Gasteiger partial charge is 0.339 e. The number of carbonyl (C=O) groups excluding carboxylic acids is 1. The number of halogens is 5. The fourth-order valence-electron chi connectivity index (χ4n) is 0.425. The predicted octanol–water partition coefficient (Wildman–Crippen LogP) is 1.23. The minimum atomic E-state index is -5.66. The molecule has 0 aliphatic carbocycles. The summed E-state index contributed by atoms with van der Waals surface area (Å²) < 4.78 is 58.8. The lowest BCUT2D eigenvalue weighted by atomic mass is 10.2. The molecule has 0 heterocycles. The molecule has 0 aromatic carbocycles. The fourth-order valence-corrected chi connectivity index (χ4v) is 0.425. The topological polar surface area (TPSA) is 29.1 Å². The van der Waals surface area contributed by atoms with E-state index >= 15 is 0 Å². The van der Waals surface area contributed by atoms with Gasteiger partial charge in [0.1, 0.15) is 0 Å². The van der Waals surface area contributed by atoms with Gasteiger partial charge in [-0.05, 0) is 6.92 Å². The quantitative estimate of drug-likeness (QED) is 0.526. The first-order chi connectivity index (χ1) is 5.23. The van der Waals surface area contributed by atoms with Gasteiger partial charge in [0.15, 0.2) is 0 Å². The standard InChI is InChI=1S/C5H5F5NO/c1-3(11-2-12)4(6,7)5(8,9)10/h3H,1H3,(H,11,12). The highest BCUT2D eigenvalue weighted by Gasteiger charge is 2.61. The Hall–Kier alpha value is -0.880. The zero-order valence-electron chi connectivity index (χ0n) is 5.88. The maximum atomic E-state index is 12.1. The molecule has 1 unspecified atom stereocenters. The highest BCUT2D eigenvalue weighted by Crippen LogP contribution is 2.37. The van der Waals surface area contributed by atoms with E-state index in [-0.39, 0.29) is 0 Å². The monoisotopic (exact) mass is 190 g/mol. The first-order valence-electron chi connectivity index (χ1n) is 2.80. The van der Waals surface area contributed by atoms with Crippen LogP contribution >= 0.6 is 0 Å². The van der Waals surface area contributed by atoms with Gasteiger partial charge in [0.2, 0.25) is 0 Å². The molecule has 0 fully saturated rings. The summed E-state index contributed by atoms with van der Waals surface area (Å²) in [6, 6.07) is -2.31. The molecule has 0 aliphatic rings. The van der Waals surface area contributed by atoms with E-state index in [0.717, 1.165) is 6.41 Å². The van der Waals surface area contributed by atoms with Crippen LogP contribution in [0, 0.1) is 0 Å². The van der Waals surface area contributed by atoms with Crippen LogP contribution in [0.4, 0.5) is 22.0 Å². The Balaban J connectivity index is 4.48. The Kier molecular flexibility index (Phi) is 3.00. The van der Waals surface area contributed by atoms with Gasteiger partial charge in [0.05, 0.1) is 6.04 Å². The minimum absolute atomic E-state index is 0.540. The highest BCUT2D eigenvalue weighted by atomic mass is 19.4. The molecule has 1 atom stereocenters. The number of hydrogen-bond donors (Lipinski definition) is 1. The SMILES string of the molecule is CC(N[C]=O)C(F)(F)C(F)(F)F. The van der Waals surface area contributed by atoms with Gasteiger partial charge in [-0.1, -0.05) is 0 Å². The van der Waals surface area contributed by atoms with Crippen molar-refractivity contribution in [3.05, 3.63) is 0 Å². The van der Waals surface area contributed by atoms with E-state index in [9.17, 15) is 26.7 Å². The van der Waals surface area contributed by atoms with E-state index in [0.29, 0.717) is 6.92 Å². The maximum absolute atomic E-state index is 12.1. The summed E-state index contributed by atoms with van der Waals surface area (Å²) in [5, 5.41) is 1.22. The molecular weight excluding hydrogens is 185 g/mol. The molecule has 0 rings (SSSR count). The molecule has 0 saturated heterocycles. The van der Waals surface area contributed by atoms with Crippen molar-refractivity contribution < 1.29 is 26.7 Å². The first-order valence-corrected chi connectivity index (χ1v) is 2.80. The van der Waals surface area contributed by atoms with E-state index in [1.807, 2.05) is 0 Å². The number of alkyl halides is 5. The highest BCUT2D eigenvalue weighted by molar-refractivity contribution is 5.48. The Morgan fingerprint density at radius 1 is 1.25 bits per heavy atom. The molecule has 12 heavy (non-hydrogen) atoms. The Bertz CT molecular complexity index is 166. The molecule has 0 bridgehead atoms. The molecule has 1 N–H and O–H groups in total. The molecule has 0 spiro atoms. The van der Waals surface area contributed by atoms with Crippen molar-refractivity contribution in [1.29, 1.82) is 0 Å². The van der Waals surface area contributed by atoms with Crippen molar-refractivity contribution in [2.75, 3.05) is 0 Å². The van der Waals surface area contributed by atoms with Crippen molar-refractivity contribution in [3.8, 4) is 0 Å². The van der Waals surface area contributed by atoms with Crippen LogP contribution in [0.1, 0.15) is 6.92 Å². The van der Waals surface area contributed by atoms with Crippen LogP contribution in [0.25, 0.3) is 0 Å². The van der Waals surface area contributed by atoms with Gasteiger partial charge >= 0.3 is 18.5 Å². The second-order valence-electron chi connectivity index (χ2n) is 2.09. The lowest BCUT2D eigenvalue weighted by molar-refractivity contribution is -0.289. The van der Waals surface area contributed by atoms with Gasteiger partial charge in [0.25, 0.3) is 0 Å². The third-order valence-corrected chi connectivity index (χ3v) is 1.20. The Morgan fingerprint density at radius 3 is 1.92 bits per heavy atom. The van der Waals surface area contributed by atoms with E-state index < -0.39 is 18.1 Å². The first kappa shape index (κ1) is 11.1. The maximum Gasteiger partial charge on any atom is 0.455 e. The zero-order chi connectivity index (χ0) is 9.99. The molecule has 2 nitrogen and oxygen atoms in total. The fraction of sp³-hybridized carbons (Fsp3) is 0.800. The van der Waals surface area contributed by atoms with Gasteiger partial charge < -0.3 is 5.32 Å². The van der Waals surface area contributed by atoms with E-state index in [1.165, 1.54) is 5.32 Å². The number of rotatable bonds is 3. The number of nitrogens with one attached hydrogen (secondary N) is 1. The van der Waals surface area contributed by atoms with Gasteiger partial charge in [-0.25, -0.2) is 0 Å². The molecule has 0 saturated carbocycles. The van der Waals surface area contributed by atoms with Gasteiger partial charge in [-0.3, -0.25) is 4.79 Å². The third kappa shape index (κ3) is 2.05. The van der Waals surface area contributed by atoms with Crippen molar-refractivity contribution in [3.63, 3.8) is 0 Å². The molecule has 7 heteroatoms. The lowest BCUT2D eigenvalue weighted by Gasteiger charge is -2.24. The second kappa shape index (κ2) is 3.24. The largest absolute Gasteiger partial charge is 0.455 e. The molecule has 0 aromatic rings. The van der Waals surface area contributed by atoms with Gasteiger partial charge in [-0.15, -0.1) is 0 Å². The van der Waals surface area contributed by atoms with Gasteiger partial charge in [0, 0.05) is 0 Å². The van der Waals surface area contributed by atoms with Crippen LogP contribution in [0.3, 0.4) is 0 Å². The van der Waals surface area contributed by atoms with E-state index in [2.05, 4.69) is 0 Å². The zero-order valence-corrected chi connectivity index (χ0v) is 5.88. The molecule has 1 amide bonds. The summed E-state index contributed by atoms with van der Waals surface area (Å²) in [7, 11) is 0. The van der Waals surface area contributed by atoms with E-state index in [4.69, 9.17) is 0 Å². The summed E-state index contributed by atoms with van der Waals surface area (Å²) >= 11 is 0. The number of hydrogen-bond acceptors (Lipinski definition) is 1. The average molecular weight is 190 g/mol. The van der Waals surface area contributed by atoms with Crippen LogP contribution < -0.4 is 5.32 Å².